The van der Waals surface area contributed by atoms with Gasteiger partial charge in [0.15, 0.2) is 11.6 Å². The monoisotopic (exact) mass is 332 g/mol. The third-order valence-electron chi connectivity index (χ3n) is 3.89. The molecule has 1 amide bonds. The van der Waals surface area contributed by atoms with Crippen LogP contribution in [0.2, 0.25) is 0 Å². The lowest BCUT2D eigenvalue weighted by molar-refractivity contribution is -0.0160. The number of rotatable bonds is 4. The first-order valence-electron chi connectivity index (χ1n) is 7.77. The van der Waals surface area contributed by atoms with Crippen molar-refractivity contribution in [1.29, 1.82) is 0 Å². The largest absolute Gasteiger partial charge is 0.456 e. The summed E-state index contributed by atoms with van der Waals surface area (Å²) in [6.45, 7) is 3.58. The maximum absolute atomic E-state index is 12.4. The number of anilines is 1. The first-order valence-corrected chi connectivity index (χ1v) is 7.77. The van der Waals surface area contributed by atoms with E-state index in [0.717, 1.165) is 0 Å². The van der Waals surface area contributed by atoms with Gasteiger partial charge in [-0.2, -0.15) is 0 Å². The summed E-state index contributed by atoms with van der Waals surface area (Å²) in [6.07, 6.45) is 2.93. The van der Waals surface area contributed by atoms with Crippen molar-refractivity contribution in [2.45, 2.75) is 13.0 Å². The van der Waals surface area contributed by atoms with E-state index in [1.165, 1.54) is 4.57 Å². The van der Waals surface area contributed by atoms with E-state index in [4.69, 9.17) is 9.15 Å². The Balaban J connectivity index is 1.60. The quantitative estimate of drug-likeness (QED) is 0.883. The molecule has 1 atom stereocenters. The molecule has 0 radical (unpaired) electrons. The molecule has 1 saturated heterocycles. The summed E-state index contributed by atoms with van der Waals surface area (Å²) in [5.41, 5.74) is -0.202. The topological polar surface area (TPSA) is 89.6 Å². The van der Waals surface area contributed by atoms with Gasteiger partial charge in [-0.15, -0.1) is 0 Å². The van der Waals surface area contributed by atoms with Crippen LogP contribution >= 0.6 is 0 Å². The van der Waals surface area contributed by atoms with Crippen LogP contribution in [0.15, 0.2) is 33.7 Å². The zero-order valence-corrected chi connectivity index (χ0v) is 13.7. The van der Waals surface area contributed by atoms with E-state index in [-0.39, 0.29) is 23.4 Å². The highest BCUT2D eigenvalue weighted by Gasteiger charge is 2.26. The molecule has 3 rings (SSSR count). The van der Waals surface area contributed by atoms with Crippen LogP contribution in [-0.2, 0) is 11.8 Å². The van der Waals surface area contributed by atoms with E-state index in [9.17, 15) is 9.59 Å². The van der Waals surface area contributed by atoms with Gasteiger partial charge in [0.25, 0.3) is 11.5 Å². The number of ether oxygens (including phenoxy) is 1. The molecule has 1 aliphatic heterocycles. The minimum Gasteiger partial charge on any atom is -0.456 e. The molecular formula is C16H20N4O4. The molecule has 1 N–H and O–H groups in total. The summed E-state index contributed by atoms with van der Waals surface area (Å²) in [6, 6.07) is 3.45. The number of carbonyl (C=O) groups excluding carboxylic acids is 1. The van der Waals surface area contributed by atoms with Crippen LogP contribution in [0.4, 0.5) is 5.82 Å². The first kappa shape index (κ1) is 16.3. The van der Waals surface area contributed by atoms with Crippen LogP contribution in [0.1, 0.15) is 16.3 Å². The zero-order valence-electron chi connectivity index (χ0n) is 13.7. The van der Waals surface area contributed by atoms with Crippen molar-refractivity contribution < 1.29 is 13.9 Å². The zero-order chi connectivity index (χ0) is 17.1. The third-order valence-corrected chi connectivity index (χ3v) is 3.89. The number of nitrogens with one attached hydrogen (secondary N) is 1. The van der Waals surface area contributed by atoms with Crippen LogP contribution in [0.5, 0.6) is 0 Å². The molecule has 8 heteroatoms. The van der Waals surface area contributed by atoms with Gasteiger partial charge in [-0.25, -0.2) is 4.98 Å². The van der Waals surface area contributed by atoms with Gasteiger partial charge in [-0.1, -0.05) is 0 Å². The van der Waals surface area contributed by atoms with Crippen LogP contribution in [-0.4, -0.2) is 52.7 Å². The number of morpholine rings is 1. The van der Waals surface area contributed by atoms with Crippen LogP contribution < -0.4 is 10.9 Å². The minimum absolute atomic E-state index is 0.148. The second-order valence-electron chi connectivity index (χ2n) is 5.73. The van der Waals surface area contributed by atoms with E-state index in [1.54, 1.807) is 43.4 Å². The number of aryl methyl sites for hydroxylation is 2. The van der Waals surface area contributed by atoms with Gasteiger partial charge in [0, 0.05) is 39.1 Å². The molecule has 0 saturated carbocycles. The average Bonchev–Trinajstić information content (AvgIpc) is 3.02. The summed E-state index contributed by atoms with van der Waals surface area (Å²) < 4.78 is 12.5. The Kier molecular flexibility index (Phi) is 4.66. The molecule has 24 heavy (non-hydrogen) atoms. The van der Waals surface area contributed by atoms with E-state index in [2.05, 4.69) is 10.3 Å². The van der Waals surface area contributed by atoms with Crippen molar-refractivity contribution >= 4 is 11.7 Å². The Labute approximate surface area is 139 Å². The molecule has 2 aromatic heterocycles. The van der Waals surface area contributed by atoms with E-state index < -0.39 is 0 Å². The predicted molar refractivity (Wildman–Crippen MR) is 87.1 cm³/mol. The molecule has 1 aliphatic rings. The maximum Gasteiger partial charge on any atom is 0.293 e. The van der Waals surface area contributed by atoms with Crippen molar-refractivity contribution in [3.05, 3.63) is 46.4 Å². The normalized spacial score (nSPS) is 17.8. The van der Waals surface area contributed by atoms with Gasteiger partial charge < -0.3 is 23.9 Å². The van der Waals surface area contributed by atoms with E-state index in [1.807, 2.05) is 0 Å². The lowest BCUT2D eigenvalue weighted by Gasteiger charge is -2.32. The molecule has 0 bridgehead atoms. The molecule has 8 nitrogen and oxygen atoms in total. The van der Waals surface area contributed by atoms with E-state index in [0.29, 0.717) is 37.8 Å². The molecule has 128 valence electrons. The van der Waals surface area contributed by atoms with Crippen molar-refractivity contribution in [1.82, 2.24) is 14.5 Å². The van der Waals surface area contributed by atoms with Gasteiger partial charge >= 0.3 is 0 Å². The number of carbonyl (C=O) groups is 1. The summed E-state index contributed by atoms with van der Waals surface area (Å²) in [5.74, 6) is 1.16. The average molecular weight is 332 g/mol. The molecular weight excluding hydrogens is 312 g/mol. The molecule has 3 heterocycles. The summed E-state index contributed by atoms with van der Waals surface area (Å²) >= 11 is 0. The number of nitrogens with zero attached hydrogens (tertiary/aromatic N) is 3. The van der Waals surface area contributed by atoms with Gasteiger partial charge in [0.2, 0.25) is 0 Å². The number of furan rings is 1. The second kappa shape index (κ2) is 6.88. The third kappa shape index (κ3) is 3.48. The highest BCUT2D eigenvalue weighted by Crippen LogP contribution is 2.13. The Morgan fingerprint density at radius 1 is 1.46 bits per heavy atom. The summed E-state index contributed by atoms with van der Waals surface area (Å²) in [4.78, 5) is 30.1. The number of hydrogen-bond donors (Lipinski definition) is 1. The number of amides is 1. The maximum atomic E-state index is 12.4. The van der Waals surface area contributed by atoms with Crippen LogP contribution in [0.3, 0.4) is 0 Å². The fraction of sp³-hybridized carbons (Fsp3) is 0.438. The van der Waals surface area contributed by atoms with Crippen LogP contribution in [0, 0.1) is 6.92 Å². The molecule has 1 fully saturated rings. The van der Waals surface area contributed by atoms with E-state index >= 15 is 0 Å². The molecule has 0 spiro atoms. The second-order valence-corrected chi connectivity index (χ2v) is 5.73. The molecule has 0 aliphatic carbocycles. The van der Waals surface area contributed by atoms with Crippen LogP contribution in [0.25, 0.3) is 0 Å². The van der Waals surface area contributed by atoms with Gasteiger partial charge in [-0.05, 0) is 19.1 Å². The Bertz CT molecular complexity index is 782. The molecule has 0 aromatic carbocycles. The molecule has 2 aromatic rings. The van der Waals surface area contributed by atoms with Crippen molar-refractivity contribution in [2.75, 3.05) is 31.6 Å². The summed E-state index contributed by atoms with van der Waals surface area (Å²) in [5, 5.41) is 3.00. The van der Waals surface area contributed by atoms with Gasteiger partial charge in [0.05, 0.1) is 12.7 Å². The predicted octanol–water partition coefficient (Wildman–Crippen LogP) is 0.635. The lowest BCUT2D eigenvalue weighted by Crippen LogP contribution is -2.48. The van der Waals surface area contributed by atoms with Crippen molar-refractivity contribution in [3.63, 3.8) is 0 Å². The highest BCUT2D eigenvalue weighted by atomic mass is 16.5. The Hall–Kier alpha value is -2.61. The first-order chi connectivity index (χ1) is 11.5. The minimum atomic E-state index is -0.217. The standard InChI is InChI=1S/C16H20N4O4/c1-11-3-4-13(24-11)15(21)20-7-8-23-12(10-20)9-18-14-16(22)19(2)6-5-17-14/h3-6,12H,7-10H2,1-2H3,(H,17,18)/t12-/m1/s1. The fourth-order valence-electron chi connectivity index (χ4n) is 2.56. The summed E-state index contributed by atoms with van der Waals surface area (Å²) in [7, 11) is 1.66. The van der Waals surface area contributed by atoms with Crippen molar-refractivity contribution in [3.8, 4) is 0 Å². The smallest absolute Gasteiger partial charge is 0.293 e. The fourth-order valence-corrected chi connectivity index (χ4v) is 2.56. The SMILES string of the molecule is Cc1ccc(C(=O)N2CCO[C@H](CNc3nccn(C)c3=O)C2)o1. The van der Waals surface area contributed by atoms with Gasteiger partial charge in [0.1, 0.15) is 5.76 Å². The number of hydrogen-bond acceptors (Lipinski definition) is 6. The lowest BCUT2D eigenvalue weighted by atomic mass is 10.2. The Morgan fingerprint density at radius 3 is 3.04 bits per heavy atom. The van der Waals surface area contributed by atoms with Crippen molar-refractivity contribution in [2.24, 2.45) is 7.05 Å². The number of aromatic nitrogens is 2. The van der Waals surface area contributed by atoms with Gasteiger partial charge in [-0.3, -0.25) is 9.59 Å². The Morgan fingerprint density at radius 2 is 2.29 bits per heavy atom. The highest BCUT2D eigenvalue weighted by molar-refractivity contribution is 5.91. The molecule has 0 unspecified atom stereocenters.